The summed E-state index contributed by atoms with van der Waals surface area (Å²) >= 11 is 0. The van der Waals surface area contributed by atoms with Crippen molar-refractivity contribution in [2.45, 2.75) is 12.5 Å². The molecule has 4 N–H and O–H groups in total. The van der Waals surface area contributed by atoms with E-state index < -0.39 is 6.04 Å². The lowest BCUT2D eigenvalue weighted by atomic mass is 10.0. The molecule has 1 saturated heterocycles. The summed E-state index contributed by atoms with van der Waals surface area (Å²) in [7, 11) is 0. The maximum atomic E-state index is 13.5. The van der Waals surface area contributed by atoms with Crippen molar-refractivity contribution < 1.29 is 9.59 Å². The summed E-state index contributed by atoms with van der Waals surface area (Å²) < 4.78 is 0. The quantitative estimate of drug-likeness (QED) is 0.537. The summed E-state index contributed by atoms with van der Waals surface area (Å²) in [5.74, 6) is 0.314. The van der Waals surface area contributed by atoms with E-state index in [0.717, 1.165) is 44.8 Å². The minimum Gasteiger partial charge on any atom is -0.343 e. The highest BCUT2D eigenvalue weighted by molar-refractivity contribution is 5.98. The van der Waals surface area contributed by atoms with Crippen molar-refractivity contribution in [1.82, 2.24) is 26.2 Å². The second kappa shape index (κ2) is 12.7. The van der Waals surface area contributed by atoms with Gasteiger partial charge >= 0.3 is 0 Å². The molecule has 0 bridgehead atoms. The predicted octanol–water partition coefficient (Wildman–Crippen LogP) is -0.270. The van der Waals surface area contributed by atoms with E-state index in [2.05, 4.69) is 21.3 Å². The molecular weight excluding hydrogens is 378 g/mol. The first-order valence-electron chi connectivity index (χ1n) is 10.7. The van der Waals surface area contributed by atoms with E-state index in [9.17, 15) is 9.59 Å². The van der Waals surface area contributed by atoms with Gasteiger partial charge in [-0.15, -0.1) is 0 Å². The van der Waals surface area contributed by atoms with Crippen molar-refractivity contribution in [2.24, 2.45) is 0 Å². The Labute approximate surface area is 180 Å². The zero-order valence-corrected chi connectivity index (χ0v) is 17.4. The zero-order chi connectivity index (χ0) is 21.0. The lowest BCUT2D eigenvalue weighted by Crippen LogP contribution is -2.53. The van der Waals surface area contributed by atoms with Gasteiger partial charge in [0.25, 0.3) is 0 Å². The lowest BCUT2D eigenvalue weighted by molar-refractivity contribution is -0.135. The summed E-state index contributed by atoms with van der Waals surface area (Å²) in [4.78, 5) is 28.0. The molecule has 2 aliphatic rings. The van der Waals surface area contributed by atoms with Crippen LogP contribution in [0.3, 0.4) is 0 Å². The van der Waals surface area contributed by atoms with Crippen LogP contribution in [0.15, 0.2) is 30.3 Å². The van der Waals surface area contributed by atoms with Crippen molar-refractivity contribution in [3.8, 4) is 0 Å². The molecule has 161 valence electrons. The van der Waals surface area contributed by atoms with Crippen LogP contribution in [0.1, 0.15) is 5.56 Å². The Morgan fingerprint density at radius 2 is 1.43 bits per heavy atom. The van der Waals surface area contributed by atoms with Crippen molar-refractivity contribution in [3.63, 3.8) is 0 Å². The molecule has 1 unspecified atom stereocenters. The average molecular weight is 411 g/mol. The van der Waals surface area contributed by atoms with Gasteiger partial charge in [-0.25, -0.2) is 0 Å². The molecule has 5 radical (unpaired) electrons. The minimum atomic E-state index is -0.607. The van der Waals surface area contributed by atoms with Gasteiger partial charge in [0, 0.05) is 58.8 Å². The summed E-state index contributed by atoms with van der Waals surface area (Å²) in [6.07, 6.45) is 7.64. The Bertz CT molecular complexity index is 636. The fraction of sp³-hybridized carbons (Fsp3) is 0.435. The van der Waals surface area contributed by atoms with E-state index in [1.54, 1.807) is 12.8 Å². The third-order valence-corrected chi connectivity index (χ3v) is 5.20. The molecular formula is C23H32N5O2. The number of rotatable bonds is 5. The van der Waals surface area contributed by atoms with Gasteiger partial charge in [-0.3, -0.25) is 9.59 Å². The van der Waals surface area contributed by atoms with Crippen molar-refractivity contribution in [3.05, 3.63) is 67.5 Å². The molecule has 0 aromatic heterocycles. The maximum Gasteiger partial charge on any atom is 0.245 e. The fourth-order valence-corrected chi connectivity index (χ4v) is 3.53. The average Bonchev–Trinajstić information content (AvgIpc) is 3.29. The van der Waals surface area contributed by atoms with Gasteiger partial charge in [0.1, 0.15) is 6.04 Å². The molecule has 1 atom stereocenters. The van der Waals surface area contributed by atoms with Gasteiger partial charge < -0.3 is 26.2 Å². The van der Waals surface area contributed by atoms with Gasteiger partial charge in [-0.1, -0.05) is 30.3 Å². The molecule has 30 heavy (non-hydrogen) atoms. The van der Waals surface area contributed by atoms with Crippen molar-refractivity contribution in [1.29, 1.82) is 0 Å². The SMILES string of the molecule is O=C(NC(Cc1ccccc1)C(=O)N1CCNCCNCCNCC1)[C]1[CH][CH][CH][CH]1. The Morgan fingerprint density at radius 3 is 2.03 bits per heavy atom. The number of carbonyl (C=O) groups excluding carboxylic acids is 2. The van der Waals surface area contributed by atoms with E-state index >= 15 is 0 Å². The monoisotopic (exact) mass is 410 g/mol. The first-order valence-corrected chi connectivity index (χ1v) is 10.7. The second-order valence-electron chi connectivity index (χ2n) is 7.46. The molecule has 1 aromatic carbocycles. The highest BCUT2D eigenvalue weighted by Gasteiger charge is 2.31. The molecule has 0 spiro atoms. The normalized spacial score (nSPS) is 20.7. The number of hydrogen-bond acceptors (Lipinski definition) is 5. The van der Waals surface area contributed by atoms with Crippen LogP contribution in [0.5, 0.6) is 0 Å². The summed E-state index contributed by atoms with van der Waals surface area (Å²) in [5, 5.41) is 13.1. The number of nitrogens with zero attached hydrogens (tertiary/aromatic N) is 1. The van der Waals surface area contributed by atoms with E-state index in [4.69, 9.17) is 0 Å². The smallest absolute Gasteiger partial charge is 0.245 e. The van der Waals surface area contributed by atoms with Crippen LogP contribution < -0.4 is 21.3 Å². The highest BCUT2D eigenvalue weighted by Crippen LogP contribution is 2.23. The zero-order valence-electron chi connectivity index (χ0n) is 17.4. The molecule has 3 rings (SSSR count). The third kappa shape index (κ3) is 7.38. The Morgan fingerprint density at radius 1 is 0.867 bits per heavy atom. The second-order valence-corrected chi connectivity index (χ2v) is 7.46. The Hall–Kier alpha value is -1.96. The molecule has 7 heteroatoms. The Kier molecular flexibility index (Phi) is 9.60. The molecule has 7 nitrogen and oxygen atoms in total. The number of amides is 2. The number of nitrogens with one attached hydrogen (secondary N) is 4. The molecule has 1 aromatic rings. The Balaban J connectivity index is 1.67. The van der Waals surface area contributed by atoms with E-state index in [0.29, 0.717) is 25.4 Å². The van der Waals surface area contributed by atoms with E-state index in [-0.39, 0.29) is 11.8 Å². The molecule has 1 saturated carbocycles. The number of hydrogen-bond donors (Lipinski definition) is 4. The molecule has 1 aliphatic heterocycles. The topological polar surface area (TPSA) is 85.5 Å². The number of carbonyl (C=O) groups is 2. The minimum absolute atomic E-state index is 0.0439. The lowest BCUT2D eigenvalue weighted by Gasteiger charge is -2.29. The van der Waals surface area contributed by atoms with Crippen molar-refractivity contribution in [2.75, 3.05) is 52.4 Å². The van der Waals surface area contributed by atoms with Crippen LogP contribution in [-0.2, 0) is 16.0 Å². The van der Waals surface area contributed by atoms with Gasteiger partial charge in [0.05, 0.1) is 5.92 Å². The first-order chi connectivity index (χ1) is 14.7. The van der Waals surface area contributed by atoms with Crippen LogP contribution in [0, 0.1) is 31.6 Å². The van der Waals surface area contributed by atoms with Crippen LogP contribution in [0.2, 0.25) is 0 Å². The predicted molar refractivity (Wildman–Crippen MR) is 118 cm³/mol. The van der Waals surface area contributed by atoms with Crippen LogP contribution in [0.25, 0.3) is 0 Å². The van der Waals surface area contributed by atoms with E-state index in [1.165, 1.54) is 0 Å². The van der Waals surface area contributed by atoms with Crippen molar-refractivity contribution >= 4 is 11.8 Å². The molecule has 2 amide bonds. The van der Waals surface area contributed by atoms with Crippen LogP contribution in [-0.4, -0.2) is 75.1 Å². The fourth-order valence-electron chi connectivity index (χ4n) is 3.53. The summed E-state index contributed by atoms with van der Waals surface area (Å²) in [5.41, 5.74) is 1.02. The molecule has 1 heterocycles. The number of benzene rings is 1. The van der Waals surface area contributed by atoms with E-state index in [1.807, 2.05) is 48.1 Å². The van der Waals surface area contributed by atoms with Crippen LogP contribution in [0.4, 0.5) is 0 Å². The van der Waals surface area contributed by atoms with Gasteiger partial charge in [0.15, 0.2) is 0 Å². The molecule has 2 fully saturated rings. The van der Waals surface area contributed by atoms with Crippen LogP contribution >= 0.6 is 0 Å². The van der Waals surface area contributed by atoms with Gasteiger partial charge in [-0.2, -0.15) is 0 Å². The van der Waals surface area contributed by atoms with Gasteiger partial charge in [-0.05, 0) is 31.2 Å². The first kappa shape index (κ1) is 22.7. The molecule has 1 aliphatic carbocycles. The largest absolute Gasteiger partial charge is 0.343 e. The maximum absolute atomic E-state index is 13.5. The highest BCUT2D eigenvalue weighted by atomic mass is 16.2. The standard InChI is InChI=1S/C23H32N5O2/c29-22(20-8-4-5-9-20)27-21(18-19-6-2-1-3-7-19)23(30)28-16-14-25-12-10-24-11-13-26-15-17-28/h1-9,21,24-26H,10-18H2,(H,27,29). The van der Waals surface area contributed by atoms with Gasteiger partial charge in [0.2, 0.25) is 11.8 Å². The third-order valence-electron chi connectivity index (χ3n) is 5.20. The summed E-state index contributed by atoms with van der Waals surface area (Å²) in [6.45, 7) is 6.21. The summed E-state index contributed by atoms with van der Waals surface area (Å²) in [6, 6.07) is 9.22.